The quantitative estimate of drug-likeness (QED) is 0.631. The fraction of sp³-hybridized carbons (Fsp3) is 0.300. The first-order valence-electron chi connectivity index (χ1n) is 4.98. The molecule has 2 N–H and O–H groups in total. The van der Waals surface area contributed by atoms with Crippen molar-refractivity contribution in [2.45, 2.75) is 6.04 Å². The fourth-order valence-corrected chi connectivity index (χ4v) is 1.84. The van der Waals surface area contributed by atoms with E-state index in [1.54, 1.807) is 0 Å². The molecule has 1 aromatic carbocycles. The summed E-state index contributed by atoms with van der Waals surface area (Å²) in [4.78, 5) is 23.5. The molecule has 1 amide bonds. The molecule has 0 aliphatic carbocycles. The number of halogens is 1. The summed E-state index contributed by atoms with van der Waals surface area (Å²) >= 11 is 5.86. The van der Waals surface area contributed by atoms with Crippen molar-refractivity contribution >= 4 is 23.2 Å². The zero-order valence-corrected chi connectivity index (χ0v) is 9.55. The summed E-state index contributed by atoms with van der Waals surface area (Å²) in [6, 6.07) is 3.79. The summed E-state index contributed by atoms with van der Waals surface area (Å²) in [5.74, 6) is -0.319. The van der Waals surface area contributed by atoms with Crippen LogP contribution in [-0.4, -0.2) is 34.9 Å². The van der Waals surface area contributed by atoms with Gasteiger partial charge in [0.25, 0.3) is 11.6 Å². The highest BCUT2D eigenvalue weighted by atomic mass is 35.5. The minimum absolute atomic E-state index is 0.0172. The van der Waals surface area contributed by atoms with Crippen molar-refractivity contribution in [3.8, 4) is 0 Å². The molecule has 2 rings (SSSR count). The molecule has 1 saturated heterocycles. The van der Waals surface area contributed by atoms with Crippen LogP contribution in [0.1, 0.15) is 10.4 Å². The second kappa shape index (κ2) is 4.31. The van der Waals surface area contributed by atoms with Gasteiger partial charge in [-0.2, -0.15) is 0 Å². The number of hydrogen-bond acceptors (Lipinski definition) is 4. The largest absolute Gasteiger partial charge is 0.335 e. The van der Waals surface area contributed by atoms with E-state index >= 15 is 0 Å². The summed E-state index contributed by atoms with van der Waals surface area (Å²) in [6.45, 7) is 0.912. The first-order valence-corrected chi connectivity index (χ1v) is 5.35. The van der Waals surface area contributed by atoms with Crippen molar-refractivity contribution in [2.24, 2.45) is 5.73 Å². The Morgan fingerprint density at radius 2 is 2.18 bits per heavy atom. The molecule has 0 unspecified atom stereocenters. The van der Waals surface area contributed by atoms with E-state index in [9.17, 15) is 14.9 Å². The topological polar surface area (TPSA) is 89.5 Å². The molecular formula is C10H10ClN3O3. The molecule has 0 spiro atoms. The SMILES string of the molecule is NC1CN(C(=O)c2cc([N+](=O)[O-])ccc2Cl)C1. The van der Waals surface area contributed by atoms with E-state index in [2.05, 4.69) is 0 Å². The van der Waals surface area contributed by atoms with Gasteiger partial charge in [-0.1, -0.05) is 11.6 Å². The van der Waals surface area contributed by atoms with Crippen LogP contribution in [0.2, 0.25) is 5.02 Å². The number of amides is 1. The van der Waals surface area contributed by atoms with Gasteiger partial charge < -0.3 is 10.6 Å². The maximum atomic E-state index is 11.9. The molecule has 1 aliphatic heterocycles. The van der Waals surface area contributed by atoms with Crippen LogP contribution in [0.5, 0.6) is 0 Å². The molecule has 1 aliphatic rings. The molecular weight excluding hydrogens is 246 g/mol. The number of benzene rings is 1. The Morgan fingerprint density at radius 1 is 1.53 bits per heavy atom. The van der Waals surface area contributed by atoms with Gasteiger partial charge in [0.15, 0.2) is 0 Å². The van der Waals surface area contributed by atoms with Gasteiger partial charge in [0.05, 0.1) is 15.5 Å². The summed E-state index contributed by atoms with van der Waals surface area (Å²) in [5, 5.41) is 10.8. The Kier molecular flexibility index (Phi) is 2.99. The van der Waals surface area contributed by atoms with Gasteiger partial charge in [0.2, 0.25) is 0 Å². The van der Waals surface area contributed by atoms with Crippen LogP contribution in [-0.2, 0) is 0 Å². The highest BCUT2D eigenvalue weighted by Crippen LogP contribution is 2.24. The average Bonchev–Trinajstić information content (AvgIpc) is 2.24. The lowest BCUT2D eigenvalue weighted by Crippen LogP contribution is -2.57. The van der Waals surface area contributed by atoms with Gasteiger partial charge in [-0.15, -0.1) is 0 Å². The molecule has 1 aromatic rings. The first-order chi connectivity index (χ1) is 7.99. The zero-order chi connectivity index (χ0) is 12.6. The predicted octanol–water partition coefficient (Wildman–Crippen LogP) is 1.03. The lowest BCUT2D eigenvalue weighted by Gasteiger charge is -2.36. The Morgan fingerprint density at radius 3 is 2.71 bits per heavy atom. The summed E-state index contributed by atoms with van der Waals surface area (Å²) in [7, 11) is 0. The van der Waals surface area contributed by atoms with Crippen LogP contribution < -0.4 is 5.73 Å². The first kappa shape index (κ1) is 11.8. The second-order valence-electron chi connectivity index (χ2n) is 3.89. The van der Waals surface area contributed by atoms with Crippen LogP contribution in [0.15, 0.2) is 18.2 Å². The summed E-state index contributed by atoms with van der Waals surface area (Å²) in [6.07, 6.45) is 0. The molecule has 1 fully saturated rings. The lowest BCUT2D eigenvalue weighted by molar-refractivity contribution is -0.384. The van der Waals surface area contributed by atoms with Crippen LogP contribution in [0.25, 0.3) is 0 Å². The standard InChI is InChI=1S/C10H10ClN3O3/c11-9-2-1-7(14(16)17)3-8(9)10(15)13-4-6(12)5-13/h1-3,6H,4-5,12H2. The molecule has 0 aromatic heterocycles. The summed E-state index contributed by atoms with van der Waals surface area (Å²) < 4.78 is 0. The minimum atomic E-state index is -0.561. The van der Waals surface area contributed by atoms with E-state index in [0.29, 0.717) is 13.1 Å². The maximum Gasteiger partial charge on any atom is 0.270 e. The third kappa shape index (κ3) is 2.22. The van der Waals surface area contributed by atoms with Crippen LogP contribution in [0.4, 0.5) is 5.69 Å². The van der Waals surface area contributed by atoms with Gasteiger partial charge in [0, 0.05) is 31.3 Å². The number of carbonyl (C=O) groups is 1. The lowest BCUT2D eigenvalue weighted by atomic mass is 10.1. The molecule has 0 bridgehead atoms. The van der Waals surface area contributed by atoms with Crippen molar-refractivity contribution in [2.75, 3.05) is 13.1 Å². The zero-order valence-electron chi connectivity index (χ0n) is 8.80. The number of hydrogen-bond donors (Lipinski definition) is 1. The molecule has 0 radical (unpaired) electrons. The Bertz CT molecular complexity index is 486. The number of nitro benzene ring substituents is 1. The molecule has 17 heavy (non-hydrogen) atoms. The van der Waals surface area contributed by atoms with Gasteiger partial charge in [-0.25, -0.2) is 0 Å². The van der Waals surface area contributed by atoms with Crippen molar-refractivity contribution < 1.29 is 9.72 Å². The highest BCUT2D eigenvalue weighted by molar-refractivity contribution is 6.34. The smallest absolute Gasteiger partial charge is 0.270 e. The molecule has 7 heteroatoms. The van der Waals surface area contributed by atoms with Gasteiger partial charge in [0.1, 0.15) is 0 Å². The Balaban J connectivity index is 2.27. The molecule has 0 saturated carbocycles. The molecule has 6 nitrogen and oxygen atoms in total. The monoisotopic (exact) mass is 255 g/mol. The number of carbonyl (C=O) groups excluding carboxylic acids is 1. The average molecular weight is 256 g/mol. The minimum Gasteiger partial charge on any atom is -0.335 e. The van der Waals surface area contributed by atoms with Crippen LogP contribution in [0, 0.1) is 10.1 Å². The van der Waals surface area contributed by atoms with Crippen LogP contribution in [0.3, 0.4) is 0 Å². The van der Waals surface area contributed by atoms with E-state index in [4.69, 9.17) is 17.3 Å². The number of nitro groups is 1. The highest BCUT2D eigenvalue weighted by Gasteiger charge is 2.30. The van der Waals surface area contributed by atoms with Crippen molar-refractivity contribution in [3.63, 3.8) is 0 Å². The number of rotatable bonds is 2. The van der Waals surface area contributed by atoms with E-state index in [0.717, 1.165) is 0 Å². The maximum absolute atomic E-state index is 11.9. The van der Waals surface area contributed by atoms with Crippen LogP contribution >= 0.6 is 11.6 Å². The third-order valence-corrected chi connectivity index (χ3v) is 2.92. The number of nitrogens with zero attached hydrogens (tertiary/aromatic N) is 2. The Hall–Kier alpha value is -1.66. The van der Waals surface area contributed by atoms with E-state index in [1.807, 2.05) is 0 Å². The Labute approximate surface area is 102 Å². The van der Waals surface area contributed by atoms with Gasteiger partial charge in [-0.3, -0.25) is 14.9 Å². The van der Waals surface area contributed by atoms with Gasteiger partial charge >= 0.3 is 0 Å². The molecule has 90 valence electrons. The number of nitrogens with two attached hydrogens (primary N) is 1. The van der Waals surface area contributed by atoms with Crippen molar-refractivity contribution in [3.05, 3.63) is 38.9 Å². The van der Waals surface area contributed by atoms with E-state index in [-0.39, 0.29) is 28.2 Å². The summed E-state index contributed by atoms with van der Waals surface area (Å²) in [5.41, 5.74) is 5.56. The third-order valence-electron chi connectivity index (χ3n) is 2.59. The molecule has 0 atom stereocenters. The normalized spacial score (nSPS) is 15.5. The molecule has 1 heterocycles. The number of likely N-dealkylation sites (tertiary alicyclic amines) is 1. The fourth-order valence-electron chi connectivity index (χ4n) is 1.64. The van der Waals surface area contributed by atoms with Crippen molar-refractivity contribution in [1.29, 1.82) is 0 Å². The second-order valence-corrected chi connectivity index (χ2v) is 4.30. The van der Waals surface area contributed by atoms with Gasteiger partial charge in [-0.05, 0) is 6.07 Å². The van der Waals surface area contributed by atoms with E-state index < -0.39 is 4.92 Å². The van der Waals surface area contributed by atoms with Crippen molar-refractivity contribution in [1.82, 2.24) is 4.90 Å². The number of non-ortho nitro benzene ring substituents is 1. The van der Waals surface area contributed by atoms with E-state index in [1.165, 1.54) is 23.1 Å². The predicted molar refractivity (Wildman–Crippen MR) is 62.0 cm³/mol.